The molecule has 1 N–H and O–H groups in total. The van der Waals surface area contributed by atoms with Crippen molar-refractivity contribution >= 4 is 0 Å². The van der Waals surface area contributed by atoms with Gasteiger partial charge in [-0.05, 0) is 44.4 Å². The average Bonchev–Trinajstić information content (AvgIpc) is 2.35. The van der Waals surface area contributed by atoms with Crippen LogP contribution in [0.1, 0.15) is 44.2 Å². The summed E-state index contributed by atoms with van der Waals surface area (Å²) >= 11 is 0. The van der Waals surface area contributed by atoms with Gasteiger partial charge in [0.25, 0.3) is 0 Å². The van der Waals surface area contributed by atoms with E-state index in [1.165, 1.54) is 5.56 Å². The molecule has 0 radical (unpaired) electrons. The van der Waals surface area contributed by atoms with Crippen LogP contribution in [0.4, 0.5) is 0 Å². The van der Waals surface area contributed by atoms with Gasteiger partial charge in [-0.1, -0.05) is 37.6 Å². The van der Waals surface area contributed by atoms with Crippen LogP contribution in [0.2, 0.25) is 0 Å². The van der Waals surface area contributed by atoms with E-state index in [0.717, 1.165) is 37.8 Å². The van der Waals surface area contributed by atoms with Crippen LogP contribution in [0, 0.1) is 0 Å². The van der Waals surface area contributed by atoms with Crippen LogP contribution in [0.3, 0.4) is 0 Å². The van der Waals surface area contributed by atoms with Crippen LogP contribution < -0.4 is 0 Å². The third-order valence-corrected chi connectivity index (χ3v) is 4.27. The van der Waals surface area contributed by atoms with Crippen LogP contribution in [-0.2, 0) is 12.0 Å². The number of hydrogen-bond acceptors (Lipinski definition) is 2. The van der Waals surface area contributed by atoms with Crippen molar-refractivity contribution in [2.45, 2.75) is 51.2 Å². The second-order valence-corrected chi connectivity index (χ2v) is 5.77. The van der Waals surface area contributed by atoms with E-state index in [0.29, 0.717) is 6.04 Å². The predicted octanol–water partition coefficient (Wildman–Crippen LogP) is 2.94. The molecule has 0 spiro atoms. The molecule has 1 aliphatic rings. The van der Waals surface area contributed by atoms with E-state index in [1.807, 2.05) is 0 Å². The van der Waals surface area contributed by atoms with Gasteiger partial charge in [0, 0.05) is 12.6 Å². The Morgan fingerprint density at radius 3 is 2.89 bits per heavy atom. The van der Waals surface area contributed by atoms with Gasteiger partial charge >= 0.3 is 0 Å². The van der Waals surface area contributed by atoms with E-state index in [9.17, 15) is 5.11 Å². The Labute approximate surface area is 111 Å². The molecule has 0 amide bonds. The minimum absolute atomic E-state index is 0.443. The van der Waals surface area contributed by atoms with Crippen molar-refractivity contribution < 1.29 is 5.11 Å². The van der Waals surface area contributed by atoms with E-state index in [-0.39, 0.29) is 0 Å². The highest BCUT2D eigenvalue weighted by molar-refractivity contribution is 5.29. The van der Waals surface area contributed by atoms with E-state index < -0.39 is 5.60 Å². The van der Waals surface area contributed by atoms with Crippen molar-refractivity contribution in [1.82, 2.24) is 4.90 Å². The summed E-state index contributed by atoms with van der Waals surface area (Å²) < 4.78 is 0. The summed E-state index contributed by atoms with van der Waals surface area (Å²) in [5, 5.41) is 10.9. The highest BCUT2D eigenvalue weighted by Gasteiger charge is 2.36. The lowest BCUT2D eigenvalue weighted by Crippen LogP contribution is -2.45. The molecule has 0 aliphatic carbocycles. The fourth-order valence-corrected chi connectivity index (χ4v) is 2.90. The topological polar surface area (TPSA) is 23.5 Å². The predicted molar refractivity (Wildman–Crippen MR) is 75.7 cm³/mol. The van der Waals surface area contributed by atoms with E-state index >= 15 is 0 Å². The number of aryl methyl sites for hydroxylation is 1. The quantitative estimate of drug-likeness (QED) is 0.887. The van der Waals surface area contributed by atoms with Crippen LogP contribution in [0.25, 0.3) is 0 Å². The maximum absolute atomic E-state index is 10.9. The van der Waals surface area contributed by atoms with Gasteiger partial charge in [0.2, 0.25) is 0 Å². The third kappa shape index (κ3) is 2.76. The maximum atomic E-state index is 10.9. The molecule has 1 saturated heterocycles. The zero-order valence-electron chi connectivity index (χ0n) is 11.8. The summed E-state index contributed by atoms with van der Waals surface area (Å²) in [6, 6.07) is 8.97. The minimum Gasteiger partial charge on any atom is -0.385 e. The number of aliphatic hydroxyl groups is 1. The molecule has 1 aliphatic heterocycles. The molecule has 2 rings (SSSR count). The van der Waals surface area contributed by atoms with Gasteiger partial charge in [0.1, 0.15) is 0 Å². The second-order valence-electron chi connectivity index (χ2n) is 5.77. The van der Waals surface area contributed by atoms with Crippen molar-refractivity contribution in [2.75, 3.05) is 13.6 Å². The first kappa shape index (κ1) is 13.6. The highest BCUT2D eigenvalue weighted by Crippen LogP contribution is 2.35. The molecule has 0 saturated carbocycles. The normalized spacial score (nSPS) is 29.4. The molecule has 2 atom stereocenters. The van der Waals surface area contributed by atoms with Crippen molar-refractivity contribution in [3.05, 3.63) is 35.4 Å². The second kappa shape index (κ2) is 5.41. The van der Waals surface area contributed by atoms with Crippen molar-refractivity contribution in [2.24, 2.45) is 0 Å². The van der Waals surface area contributed by atoms with Crippen LogP contribution in [0.15, 0.2) is 24.3 Å². The number of likely N-dealkylation sites (tertiary alicyclic amines) is 1. The third-order valence-electron chi connectivity index (χ3n) is 4.27. The maximum Gasteiger partial charge on any atom is 0.0923 e. The molecule has 0 aromatic heterocycles. The molecule has 0 bridgehead atoms. The Morgan fingerprint density at radius 2 is 2.22 bits per heavy atom. The molecular weight excluding hydrogens is 222 g/mol. The number of hydrogen-bond donors (Lipinski definition) is 1. The summed E-state index contributed by atoms with van der Waals surface area (Å²) in [6.45, 7) is 5.36. The van der Waals surface area contributed by atoms with E-state index in [2.05, 4.69) is 50.1 Å². The van der Waals surface area contributed by atoms with Crippen LogP contribution in [-0.4, -0.2) is 29.6 Å². The number of nitrogens with zero attached hydrogens (tertiary/aromatic N) is 1. The van der Waals surface area contributed by atoms with Gasteiger partial charge in [-0.25, -0.2) is 0 Å². The molecular formula is C16H25NO. The Hall–Kier alpha value is -0.860. The minimum atomic E-state index is -0.629. The number of benzene rings is 1. The molecule has 2 unspecified atom stereocenters. The fraction of sp³-hybridized carbons (Fsp3) is 0.625. The summed E-state index contributed by atoms with van der Waals surface area (Å²) in [4.78, 5) is 2.32. The lowest BCUT2D eigenvalue weighted by molar-refractivity contribution is -0.0408. The SMILES string of the molecule is CCCc1cccc(C2(O)CCN(C)C(C)C2)c1. The summed E-state index contributed by atoms with van der Waals surface area (Å²) in [7, 11) is 2.14. The fourth-order valence-electron chi connectivity index (χ4n) is 2.90. The van der Waals surface area contributed by atoms with Gasteiger partial charge in [-0.2, -0.15) is 0 Å². The Balaban J connectivity index is 2.21. The zero-order chi connectivity index (χ0) is 13.2. The van der Waals surface area contributed by atoms with Gasteiger partial charge < -0.3 is 10.0 Å². The first-order valence-electron chi connectivity index (χ1n) is 7.07. The number of piperidine rings is 1. The van der Waals surface area contributed by atoms with Gasteiger partial charge in [-0.15, -0.1) is 0 Å². The lowest BCUT2D eigenvalue weighted by atomic mass is 9.81. The summed E-state index contributed by atoms with van der Waals surface area (Å²) in [5.41, 5.74) is 1.82. The molecule has 1 fully saturated rings. The molecule has 2 nitrogen and oxygen atoms in total. The molecule has 2 heteroatoms. The van der Waals surface area contributed by atoms with E-state index in [4.69, 9.17) is 0 Å². The molecule has 1 aromatic rings. The zero-order valence-corrected chi connectivity index (χ0v) is 11.8. The first-order valence-corrected chi connectivity index (χ1v) is 7.07. The van der Waals surface area contributed by atoms with Crippen LogP contribution >= 0.6 is 0 Å². The Kier molecular flexibility index (Phi) is 4.08. The van der Waals surface area contributed by atoms with Gasteiger partial charge in [-0.3, -0.25) is 0 Å². The Morgan fingerprint density at radius 1 is 1.44 bits per heavy atom. The Bertz CT molecular complexity index is 404. The molecule has 1 aromatic carbocycles. The van der Waals surface area contributed by atoms with E-state index in [1.54, 1.807) is 0 Å². The van der Waals surface area contributed by atoms with Crippen molar-refractivity contribution in [1.29, 1.82) is 0 Å². The van der Waals surface area contributed by atoms with Crippen LogP contribution in [0.5, 0.6) is 0 Å². The summed E-state index contributed by atoms with van der Waals surface area (Å²) in [5.74, 6) is 0. The number of rotatable bonds is 3. The summed E-state index contributed by atoms with van der Waals surface area (Å²) in [6.07, 6.45) is 3.92. The van der Waals surface area contributed by atoms with Crippen molar-refractivity contribution in [3.8, 4) is 0 Å². The smallest absolute Gasteiger partial charge is 0.0923 e. The monoisotopic (exact) mass is 247 g/mol. The van der Waals surface area contributed by atoms with Gasteiger partial charge in [0.15, 0.2) is 0 Å². The first-order chi connectivity index (χ1) is 8.55. The molecule has 1 heterocycles. The molecule has 18 heavy (non-hydrogen) atoms. The van der Waals surface area contributed by atoms with Gasteiger partial charge in [0.05, 0.1) is 5.60 Å². The largest absolute Gasteiger partial charge is 0.385 e. The molecule has 100 valence electrons. The average molecular weight is 247 g/mol. The van der Waals surface area contributed by atoms with Crippen molar-refractivity contribution in [3.63, 3.8) is 0 Å². The lowest BCUT2D eigenvalue weighted by Gasteiger charge is -2.41. The standard InChI is InChI=1S/C16H25NO/c1-4-6-14-7-5-8-15(11-14)16(18)9-10-17(3)13(2)12-16/h5,7-8,11,13,18H,4,6,9-10,12H2,1-3H3. The highest BCUT2D eigenvalue weighted by atomic mass is 16.3.